The van der Waals surface area contributed by atoms with E-state index in [4.69, 9.17) is 19.3 Å². The number of carbonyl (C=O) groups excluding carboxylic acids is 1. The van der Waals surface area contributed by atoms with Crippen LogP contribution in [0.4, 0.5) is 48.3 Å². The molecular formula is C36H41F6N5O6. The number of carbonyl (C=O) groups is 2. The number of anilines is 3. The average molecular weight is 754 g/mol. The molecule has 53 heavy (non-hydrogen) atoms. The number of methoxy groups -OCH3 is 1. The first kappa shape index (κ1) is 39.4. The van der Waals surface area contributed by atoms with Crippen LogP contribution in [-0.2, 0) is 33.2 Å². The highest BCUT2D eigenvalue weighted by Gasteiger charge is 2.42. The number of carboxylic acids is 1. The summed E-state index contributed by atoms with van der Waals surface area (Å²) in [7, 11) is 1.39. The van der Waals surface area contributed by atoms with Gasteiger partial charge < -0.3 is 29.1 Å². The fourth-order valence-electron chi connectivity index (χ4n) is 6.55. The highest BCUT2D eigenvalue weighted by molar-refractivity contribution is 5.90. The number of hydrogen-bond acceptors (Lipinski definition) is 9. The maximum Gasteiger partial charge on any atom is 0.416 e. The van der Waals surface area contributed by atoms with Gasteiger partial charge in [0.15, 0.2) is 0 Å². The number of nitrogens with zero attached hydrogens (tertiary/aromatic N) is 5. The van der Waals surface area contributed by atoms with Crippen molar-refractivity contribution in [2.45, 2.75) is 76.4 Å². The van der Waals surface area contributed by atoms with Gasteiger partial charge in [-0.25, -0.2) is 14.8 Å². The number of aliphatic carboxylic acids is 1. The molecule has 2 aliphatic rings. The summed E-state index contributed by atoms with van der Waals surface area (Å²) in [5.41, 5.74) is -1.75. The van der Waals surface area contributed by atoms with Gasteiger partial charge in [-0.15, -0.1) is 0 Å². The van der Waals surface area contributed by atoms with Gasteiger partial charge in [0.25, 0.3) is 0 Å². The van der Waals surface area contributed by atoms with Crippen molar-refractivity contribution in [1.82, 2.24) is 9.97 Å². The summed E-state index contributed by atoms with van der Waals surface area (Å²) in [6, 6.07) is 6.78. The number of fused-ring (bicyclic) bond motifs is 1. The van der Waals surface area contributed by atoms with Crippen molar-refractivity contribution in [2.75, 3.05) is 54.7 Å². The quantitative estimate of drug-likeness (QED) is 0.137. The van der Waals surface area contributed by atoms with Gasteiger partial charge in [0, 0.05) is 38.2 Å². The third kappa shape index (κ3) is 9.80. The SMILES string of the molecule is CC[C@@H]1CC(N(Cc2cc(C(F)(F)F)cc(C(F)(F)F)c2)c2ccc(N3CCOCC3)cn2)c2nc(OC)ccc2N1C(=O)OCCCCCC(=O)O. The number of alkyl halides is 6. The van der Waals surface area contributed by atoms with E-state index >= 15 is 0 Å². The number of carboxylic acid groups (broad SMARTS) is 1. The summed E-state index contributed by atoms with van der Waals surface area (Å²) in [5, 5.41) is 8.88. The second-order valence-electron chi connectivity index (χ2n) is 12.8. The minimum Gasteiger partial charge on any atom is -0.481 e. The molecule has 1 N–H and O–H groups in total. The van der Waals surface area contributed by atoms with Crippen molar-refractivity contribution in [3.63, 3.8) is 0 Å². The van der Waals surface area contributed by atoms with E-state index in [2.05, 4.69) is 14.9 Å². The van der Waals surface area contributed by atoms with E-state index in [9.17, 15) is 35.9 Å². The molecule has 1 fully saturated rings. The lowest BCUT2D eigenvalue weighted by Gasteiger charge is -2.43. The minimum absolute atomic E-state index is 0.000433. The molecule has 3 aromatic rings. The van der Waals surface area contributed by atoms with Crippen molar-refractivity contribution >= 4 is 29.3 Å². The smallest absolute Gasteiger partial charge is 0.416 e. The molecule has 2 atom stereocenters. The topological polar surface area (TPSA) is 118 Å². The first-order chi connectivity index (χ1) is 25.2. The Hall–Kier alpha value is -4.80. The average Bonchev–Trinajstić information content (AvgIpc) is 3.13. The van der Waals surface area contributed by atoms with Crippen LogP contribution in [0.2, 0.25) is 0 Å². The lowest BCUT2D eigenvalue weighted by molar-refractivity contribution is -0.143. The van der Waals surface area contributed by atoms with E-state index in [1.807, 2.05) is 6.92 Å². The van der Waals surface area contributed by atoms with Crippen LogP contribution in [0.25, 0.3) is 0 Å². The molecule has 1 unspecified atom stereocenters. The van der Waals surface area contributed by atoms with E-state index in [0.717, 1.165) is 5.69 Å². The summed E-state index contributed by atoms with van der Waals surface area (Å²) in [4.78, 5) is 38.9. The molecule has 1 amide bonds. The zero-order chi connectivity index (χ0) is 38.3. The molecule has 1 aromatic carbocycles. The van der Waals surface area contributed by atoms with E-state index < -0.39 is 54.2 Å². The molecule has 11 nitrogen and oxygen atoms in total. The molecule has 0 saturated carbocycles. The van der Waals surface area contributed by atoms with Crippen molar-refractivity contribution in [3.8, 4) is 5.88 Å². The maximum absolute atomic E-state index is 13.9. The Morgan fingerprint density at radius 3 is 2.26 bits per heavy atom. The zero-order valence-electron chi connectivity index (χ0n) is 29.3. The van der Waals surface area contributed by atoms with Crippen molar-refractivity contribution in [2.24, 2.45) is 0 Å². The van der Waals surface area contributed by atoms with Gasteiger partial charge in [-0.2, -0.15) is 26.3 Å². The van der Waals surface area contributed by atoms with Crippen LogP contribution < -0.4 is 19.4 Å². The summed E-state index contributed by atoms with van der Waals surface area (Å²) >= 11 is 0. The van der Waals surface area contributed by atoms with Crippen LogP contribution in [0.3, 0.4) is 0 Å². The van der Waals surface area contributed by atoms with Crippen molar-refractivity contribution < 1.29 is 55.2 Å². The van der Waals surface area contributed by atoms with Gasteiger partial charge in [-0.3, -0.25) is 9.69 Å². The number of halogens is 6. The van der Waals surface area contributed by atoms with E-state index in [0.29, 0.717) is 69.8 Å². The molecule has 0 spiro atoms. The summed E-state index contributed by atoms with van der Waals surface area (Å²) in [6.07, 6.45) is -7.19. The molecule has 288 valence electrons. The number of aromatic nitrogens is 2. The zero-order valence-corrected chi connectivity index (χ0v) is 29.3. The lowest BCUT2D eigenvalue weighted by atomic mass is 9.91. The summed E-state index contributed by atoms with van der Waals surface area (Å²) < 4.78 is 100. The molecule has 2 aliphatic heterocycles. The standard InChI is InChI=1S/C36H41F6N5O6/c1-3-26-20-29(33-28(9-11-31(44-33)51-2)47(26)34(50)53-14-6-4-5-7-32(48)49)46(30-10-8-27(21-43-30)45-12-15-52-16-13-45)22-23-17-24(35(37,38)39)19-25(18-23)36(40,41)42/h8-11,17-19,21,26,29H,3-7,12-16,20,22H2,1-2H3,(H,48,49)/t26-,29?/m1/s1. The van der Waals surface area contributed by atoms with Crippen molar-refractivity contribution in [3.05, 3.63) is 71.0 Å². The molecular weight excluding hydrogens is 712 g/mol. The summed E-state index contributed by atoms with van der Waals surface area (Å²) in [6.45, 7) is 3.72. The number of pyridine rings is 2. The molecule has 0 radical (unpaired) electrons. The van der Waals surface area contributed by atoms with Crippen LogP contribution in [-0.4, -0.2) is 73.2 Å². The molecule has 5 rings (SSSR count). The van der Waals surface area contributed by atoms with Crippen LogP contribution >= 0.6 is 0 Å². The van der Waals surface area contributed by atoms with Gasteiger partial charge in [0.2, 0.25) is 5.88 Å². The van der Waals surface area contributed by atoms with Crippen molar-refractivity contribution in [1.29, 1.82) is 0 Å². The van der Waals surface area contributed by atoms with Crippen LogP contribution in [0.1, 0.15) is 73.9 Å². The molecule has 4 heterocycles. The van der Waals surface area contributed by atoms with Gasteiger partial charge in [-0.1, -0.05) is 6.92 Å². The summed E-state index contributed by atoms with van der Waals surface area (Å²) in [5.74, 6) is -0.480. The second-order valence-corrected chi connectivity index (χ2v) is 12.8. The van der Waals surface area contributed by atoms with Gasteiger partial charge in [-0.05, 0) is 74.1 Å². The Kier molecular flexibility index (Phi) is 12.6. The minimum atomic E-state index is -5.05. The highest BCUT2D eigenvalue weighted by atomic mass is 19.4. The number of ether oxygens (including phenoxy) is 3. The predicted molar refractivity (Wildman–Crippen MR) is 182 cm³/mol. The molecule has 0 bridgehead atoms. The first-order valence-electron chi connectivity index (χ1n) is 17.3. The Bertz CT molecular complexity index is 1690. The Morgan fingerprint density at radius 1 is 0.981 bits per heavy atom. The van der Waals surface area contributed by atoms with Gasteiger partial charge in [0.1, 0.15) is 5.82 Å². The number of unbranched alkanes of at least 4 members (excludes halogenated alkanes) is 2. The maximum atomic E-state index is 13.9. The van der Waals surface area contributed by atoms with E-state index in [1.54, 1.807) is 35.4 Å². The fraction of sp³-hybridized carbons (Fsp3) is 0.500. The Morgan fingerprint density at radius 2 is 1.68 bits per heavy atom. The number of amides is 1. The number of hydrogen-bond donors (Lipinski definition) is 1. The number of rotatable bonds is 13. The molecule has 17 heteroatoms. The molecule has 0 aliphatic carbocycles. The second kappa shape index (κ2) is 16.9. The van der Waals surface area contributed by atoms with Crippen LogP contribution in [0.5, 0.6) is 5.88 Å². The first-order valence-corrected chi connectivity index (χ1v) is 17.3. The third-order valence-electron chi connectivity index (χ3n) is 9.23. The van der Waals surface area contributed by atoms with E-state index in [-0.39, 0.29) is 48.5 Å². The van der Waals surface area contributed by atoms with Crippen LogP contribution in [0.15, 0.2) is 48.7 Å². The normalized spacial score (nSPS) is 17.7. The third-order valence-corrected chi connectivity index (χ3v) is 9.23. The molecule has 2 aromatic heterocycles. The fourth-order valence-corrected chi connectivity index (χ4v) is 6.55. The number of benzene rings is 1. The highest BCUT2D eigenvalue weighted by Crippen LogP contribution is 2.44. The Balaban J connectivity index is 1.56. The monoisotopic (exact) mass is 753 g/mol. The number of morpholine rings is 1. The predicted octanol–water partition coefficient (Wildman–Crippen LogP) is 7.88. The van der Waals surface area contributed by atoms with Gasteiger partial charge >= 0.3 is 24.4 Å². The van der Waals surface area contributed by atoms with E-state index in [1.165, 1.54) is 12.0 Å². The van der Waals surface area contributed by atoms with Crippen LogP contribution in [0, 0.1) is 0 Å². The van der Waals surface area contributed by atoms with Gasteiger partial charge in [0.05, 0.1) is 67.4 Å². The lowest BCUT2D eigenvalue weighted by Crippen LogP contribution is -2.48. The largest absolute Gasteiger partial charge is 0.481 e. The molecule has 1 saturated heterocycles. The Labute approximate surface area is 302 Å².